The van der Waals surface area contributed by atoms with Crippen LogP contribution in [0.1, 0.15) is 0 Å². The van der Waals surface area contributed by atoms with Gasteiger partial charge in [0.1, 0.15) is 29.1 Å². The van der Waals surface area contributed by atoms with Gasteiger partial charge in [-0.3, -0.25) is 5.10 Å². The largest absolute Gasteiger partial charge is 0.497 e. The van der Waals surface area contributed by atoms with Crippen molar-refractivity contribution in [1.29, 1.82) is 0 Å². The van der Waals surface area contributed by atoms with E-state index >= 15 is 0 Å². The van der Waals surface area contributed by atoms with Crippen molar-refractivity contribution in [2.75, 3.05) is 18.2 Å². The summed E-state index contributed by atoms with van der Waals surface area (Å²) in [6.45, 7) is 0. The van der Waals surface area contributed by atoms with Gasteiger partial charge in [-0.25, -0.2) is 9.97 Å². The van der Waals surface area contributed by atoms with Crippen LogP contribution in [0.2, 0.25) is 0 Å². The lowest BCUT2D eigenvalue weighted by atomic mass is 10.3. The average molecular weight is 256 g/mol. The first-order valence-electron chi connectivity index (χ1n) is 5.63. The number of nitrogens with zero attached hydrogens (tertiary/aromatic N) is 3. The number of nitrogen functional groups attached to an aromatic ring is 1. The fourth-order valence-corrected chi connectivity index (χ4v) is 1.78. The van der Waals surface area contributed by atoms with Crippen LogP contribution in [0.3, 0.4) is 0 Å². The van der Waals surface area contributed by atoms with E-state index in [1.54, 1.807) is 7.11 Å². The first-order valence-corrected chi connectivity index (χ1v) is 5.63. The Kier molecular flexibility index (Phi) is 2.64. The zero-order chi connectivity index (χ0) is 13.2. The number of aromatic amines is 1. The van der Waals surface area contributed by atoms with Gasteiger partial charge >= 0.3 is 0 Å². The number of methoxy groups -OCH3 is 1. The van der Waals surface area contributed by atoms with E-state index in [9.17, 15) is 0 Å². The number of nitrogens with two attached hydrogens (primary N) is 1. The molecule has 0 unspecified atom stereocenters. The Morgan fingerprint density at radius 3 is 2.74 bits per heavy atom. The molecule has 0 spiro atoms. The van der Waals surface area contributed by atoms with E-state index in [1.807, 2.05) is 24.3 Å². The Balaban J connectivity index is 1.98. The molecule has 0 aliphatic rings. The number of rotatable bonds is 3. The van der Waals surface area contributed by atoms with E-state index in [0.717, 1.165) is 11.4 Å². The van der Waals surface area contributed by atoms with Gasteiger partial charge in [0.15, 0.2) is 5.65 Å². The lowest BCUT2D eigenvalue weighted by molar-refractivity contribution is 0.415. The quantitative estimate of drug-likeness (QED) is 0.659. The van der Waals surface area contributed by atoms with E-state index in [2.05, 4.69) is 25.5 Å². The molecule has 2 heterocycles. The molecule has 0 amide bonds. The van der Waals surface area contributed by atoms with Crippen LogP contribution in [0.15, 0.2) is 30.6 Å². The summed E-state index contributed by atoms with van der Waals surface area (Å²) >= 11 is 0. The van der Waals surface area contributed by atoms with Crippen LogP contribution in [0.5, 0.6) is 5.75 Å². The van der Waals surface area contributed by atoms with Crippen LogP contribution >= 0.6 is 0 Å². The summed E-state index contributed by atoms with van der Waals surface area (Å²) in [6.07, 6.45) is 1.44. The monoisotopic (exact) mass is 256 g/mol. The van der Waals surface area contributed by atoms with Gasteiger partial charge in [-0.2, -0.15) is 5.10 Å². The van der Waals surface area contributed by atoms with Crippen molar-refractivity contribution in [3.8, 4) is 5.75 Å². The SMILES string of the molecule is COc1ccc(Nc2ncnc3n[nH]c(N)c23)cc1. The molecule has 4 N–H and O–H groups in total. The molecule has 7 heteroatoms. The number of hydrogen-bond donors (Lipinski definition) is 3. The summed E-state index contributed by atoms with van der Waals surface area (Å²) in [4.78, 5) is 8.22. The maximum absolute atomic E-state index is 5.82. The van der Waals surface area contributed by atoms with Gasteiger partial charge in [0.05, 0.1) is 7.11 Å². The van der Waals surface area contributed by atoms with E-state index < -0.39 is 0 Å². The summed E-state index contributed by atoms with van der Waals surface area (Å²) in [5.41, 5.74) is 7.23. The Bertz CT molecular complexity index is 706. The summed E-state index contributed by atoms with van der Waals surface area (Å²) in [5, 5.41) is 10.5. The average Bonchev–Trinajstić information content (AvgIpc) is 2.83. The molecule has 0 atom stereocenters. The number of H-pyrrole nitrogens is 1. The molecular weight excluding hydrogens is 244 g/mol. The van der Waals surface area contributed by atoms with Crippen LogP contribution in [0.4, 0.5) is 17.3 Å². The van der Waals surface area contributed by atoms with Crippen LogP contribution in [0, 0.1) is 0 Å². The van der Waals surface area contributed by atoms with Crippen LogP contribution in [-0.2, 0) is 0 Å². The van der Waals surface area contributed by atoms with Crippen molar-refractivity contribution < 1.29 is 4.74 Å². The van der Waals surface area contributed by atoms with E-state index in [1.165, 1.54) is 6.33 Å². The summed E-state index contributed by atoms with van der Waals surface area (Å²) in [7, 11) is 1.63. The number of anilines is 3. The molecule has 1 aromatic carbocycles. The number of hydrogen-bond acceptors (Lipinski definition) is 6. The molecule has 0 aliphatic carbocycles. The molecule has 0 saturated heterocycles. The molecule has 2 aromatic heterocycles. The molecule has 0 bridgehead atoms. The zero-order valence-corrected chi connectivity index (χ0v) is 10.2. The Hall–Kier alpha value is -2.83. The van der Waals surface area contributed by atoms with Crippen molar-refractivity contribution in [2.24, 2.45) is 0 Å². The van der Waals surface area contributed by atoms with E-state index in [-0.39, 0.29) is 0 Å². The maximum atomic E-state index is 5.82. The summed E-state index contributed by atoms with van der Waals surface area (Å²) < 4.78 is 5.11. The topological polar surface area (TPSA) is 102 Å². The van der Waals surface area contributed by atoms with Crippen molar-refractivity contribution in [2.45, 2.75) is 0 Å². The molecule has 0 saturated carbocycles. The molecule has 3 rings (SSSR count). The van der Waals surface area contributed by atoms with Crippen LogP contribution < -0.4 is 15.8 Å². The van der Waals surface area contributed by atoms with Crippen molar-refractivity contribution in [3.05, 3.63) is 30.6 Å². The fourth-order valence-electron chi connectivity index (χ4n) is 1.78. The third kappa shape index (κ3) is 2.01. The molecular formula is C12H12N6O. The highest BCUT2D eigenvalue weighted by molar-refractivity contribution is 5.96. The Morgan fingerprint density at radius 2 is 2.00 bits per heavy atom. The minimum atomic E-state index is 0.437. The molecule has 7 nitrogen and oxygen atoms in total. The second kappa shape index (κ2) is 4.45. The van der Waals surface area contributed by atoms with Gasteiger partial charge in [0, 0.05) is 5.69 Å². The normalized spacial score (nSPS) is 10.6. The van der Waals surface area contributed by atoms with E-state index in [4.69, 9.17) is 10.5 Å². The van der Waals surface area contributed by atoms with Gasteiger partial charge < -0.3 is 15.8 Å². The highest BCUT2D eigenvalue weighted by Crippen LogP contribution is 2.26. The van der Waals surface area contributed by atoms with Gasteiger partial charge in [-0.1, -0.05) is 0 Å². The predicted molar refractivity (Wildman–Crippen MR) is 72.4 cm³/mol. The van der Waals surface area contributed by atoms with Gasteiger partial charge in [0.2, 0.25) is 0 Å². The first kappa shape index (κ1) is 11.3. The van der Waals surface area contributed by atoms with Crippen molar-refractivity contribution >= 4 is 28.4 Å². The summed E-state index contributed by atoms with van der Waals surface area (Å²) in [5.74, 6) is 1.84. The first-order chi connectivity index (χ1) is 9.28. The standard InChI is InChI=1S/C12H12N6O/c1-19-8-4-2-7(3-5-8)16-11-9-10(13)17-18-12(9)15-6-14-11/h2-6H,1H3,(H4,13,14,15,16,17,18). The lowest BCUT2D eigenvalue weighted by Crippen LogP contribution is -1.96. The van der Waals surface area contributed by atoms with Gasteiger partial charge in [-0.15, -0.1) is 0 Å². The molecule has 3 aromatic rings. The predicted octanol–water partition coefficient (Wildman–Crippen LogP) is 1.69. The van der Waals surface area contributed by atoms with Gasteiger partial charge in [0.25, 0.3) is 0 Å². The van der Waals surface area contributed by atoms with Crippen molar-refractivity contribution in [3.63, 3.8) is 0 Å². The second-order valence-corrected chi connectivity index (χ2v) is 3.91. The zero-order valence-electron chi connectivity index (χ0n) is 10.2. The van der Waals surface area contributed by atoms with Gasteiger partial charge in [-0.05, 0) is 24.3 Å². The molecule has 0 aliphatic heterocycles. The molecule has 19 heavy (non-hydrogen) atoms. The van der Waals surface area contributed by atoms with Crippen LogP contribution in [-0.4, -0.2) is 27.3 Å². The minimum absolute atomic E-state index is 0.437. The number of ether oxygens (including phenoxy) is 1. The summed E-state index contributed by atoms with van der Waals surface area (Å²) in [6, 6.07) is 7.50. The number of nitrogens with one attached hydrogen (secondary N) is 2. The third-order valence-electron chi connectivity index (χ3n) is 2.73. The fraction of sp³-hybridized carbons (Fsp3) is 0.0833. The number of aromatic nitrogens is 4. The second-order valence-electron chi connectivity index (χ2n) is 3.91. The lowest BCUT2D eigenvalue weighted by Gasteiger charge is -2.07. The smallest absolute Gasteiger partial charge is 0.188 e. The number of fused-ring (bicyclic) bond motifs is 1. The highest BCUT2D eigenvalue weighted by Gasteiger charge is 2.10. The van der Waals surface area contributed by atoms with Crippen LogP contribution in [0.25, 0.3) is 11.0 Å². The minimum Gasteiger partial charge on any atom is -0.497 e. The maximum Gasteiger partial charge on any atom is 0.188 e. The Morgan fingerprint density at radius 1 is 1.21 bits per heavy atom. The van der Waals surface area contributed by atoms with Crippen molar-refractivity contribution in [1.82, 2.24) is 20.2 Å². The molecule has 0 radical (unpaired) electrons. The Labute approximate surface area is 108 Å². The van der Waals surface area contributed by atoms with E-state index in [0.29, 0.717) is 22.7 Å². The highest BCUT2D eigenvalue weighted by atomic mass is 16.5. The number of benzene rings is 1. The molecule has 96 valence electrons. The third-order valence-corrected chi connectivity index (χ3v) is 2.73. The molecule has 0 fully saturated rings.